The quantitative estimate of drug-likeness (QED) is 0.326. The third-order valence-electron chi connectivity index (χ3n) is 5.94. The molecule has 0 amide bonds. The Kier molecular flexibility index (Phi) is 11.2. The molecule has 174 valence electrons. The molecule has 6 nitrogen and oxygen atoms in total. The van der Waals surface area contributed by atoms with Gasteiger partial charge in [0, 0.05) is 39.4 Å². The van der Waals surface area contributed by atoms with E-state index in [2.05, 4.69) is 41.4 Å². The second kappa shape index (κ2) is 14.4. The number of benzene rings is 1. The van der Waals surface area contributed by atoms with Crippen LogP contribution in [-0.2, 0) is 20.8 Å². The molecule has 31 heavy (non-hydrogen) atoms. The lowest BCUT2D eigenvalue weighted by Crippen LogP contribution is -2.47. The predicted molar refractivity (Wildman–Crippen MR) is 125 cm³/mol. The van der Waals surface area contributed by atoms with Gasteiger partial charge in [0.15, 0.2) is 5.96 Å². The van der Waals surface area contributed by atoms with Crippen LogP contribution in [0.3, 0.4) is 0 Å². The van der Waals surface area contributed by atoms with Crippen LogP contribution >= 0.6 is 0 Å². The van der Waals surface area contributed by atoms with Crippen molar-refractivity contribution in [3.8, 4) is 0 Å². The van der Waals surface area contributed by atoms with E-state index in [1.807, 2.05) is 6.07 Å². The third-order valence-corrected chi connectivity index (χ3v) is 5.94. The second-order valence-corrected chi connectivity index (χ2v) is 8.49. The number of unbranched alkanes of at least 4 members (excludes halogenated alkanes) is 1. The fourth-order valence-electron chi connectivity index (χ4n) is 4.11. The van der Waals surface area contributed by atoms with Crippen LogP contribution < -0.4 is 5.32 Å². The molecule has 0 spiro atoms. The molecule has 1 atom stereocenters. The number of aliphatic imine (C=N–C) groups is 1. The van der Waals surface area contributed by atoms with Crippen molar-refractivity contribution in [2.24, 2.45) is 4.99 Å². The zero-order valence-corrected chi connectivity index (χ0v) is 19.3. The molecular formula is C25H41N3O3. The van der Waals surface area contributed by atoms with Crippen LogP contribution in [0.1, 0.15) is 57.4 Å². The molecule has 2 saturated heterocycles. The minimum Gasteiger partial charge on any atom is -0.377 e. The van der Waals surface area contributed by atoms with Crippen LogP contribution in [0.25, 0.3) is 0 Å². The van der Waals surface area contributed by atoms with Crippen molar-refractivity contribution in [2.75, 3.05) is 46.0 Å². The van der Waals surface area contributed by atoms with Crippen LogP contribution in [0.4, 0.5) is 0 Å². The maximum Gasteiger partial charge on any atom is 0.193 e. The summed E-state index contributed by atoms with van der Waals surface area (Å²) in [5.74, 6) is 1.04. The van der Waals surface area contributed by atoms with Crippen molar-refractivity contribution in [3.05, 3.63) is 35.9 Å². The first-order valence-corrected chi connectivity index (χ1v) is 12.2. The average Bonchev–Trinajstić information content (AvgIpc) is 2.83. The lowest BCUT2D eigenvalue weighted by Gasteiger charge is -2.35. The standard InChI is InChI=1S/C25H41N3O3/c1-2-26-25(27-15-7-9-18-29-20-22-10-4-3-5-11-22)28-16-13-23(14-17-28)31-21-24-12-6-8-19-30-24/h3-5,10-11,23-24H,2,6-9,12-21H2,1H3,(H,26,27). The van der Waals surface area contributed by atoms with Crippen molar-refractivity contribution in [2.45, 2.75) is 70.7 Å². The highest BCUT2D eigenvalue weighted by molar-refractivity contribution is 5.80. The molecule has 2 aliphatic rings. The molecule has 1 aromatic rings. The van der Waals surface area contributed by atoms with E-state index in [-0.39, 0.29) is 0 Å². The lowest BCUT2D eigenvalue weighted by atomic mass is 10.1. The predicted octanol–water partition coefficient (Wildman–Crippen LogP) is 4.00. The first kappa shape index (κ1) is 24.0. The SMILES string of the molecule is CCNC(=NCCCCOCc1ccccc1)N1CCC(OCC2CCCCO2)CC1. The van der Waals surface area contributed by atoms with Crippen LogP contribution in [0, 0.1) is 0 Å². The molecule has 0 bridgehead atoms. The zero-order valence-electron chi connectivity index (χ0n) is 19.3. The number of hydrogen-bond acceptors (Lipinski definition) is 4. The summed E-state index contributed by atoms with van der Waals surface area (Å²) in [5, 5.41) is 3.46. The van der Waals surface area contributed by atoms with Gasteiger partial charge in [-0.05, 0) is 57.4 Å². The highest BCUT2D eigenvalue weighted by atomic mass is 16.5. The molecule has 2 fully saturated rings. The monoisotopic (exact) mass is 431 g/mol. The third kappa shape index (κ3) is 9.17. The summed E-state index contributed by atoms with van der Waals surface area (Å²) in [4.78, 5) is 7.23. The molecule has 6 heteroatoms. The van der Waals surface area contributed by atoms with Crippen LogP contribution in [-0.4, -0.2) is 69.1 Å². The number of nitrogens with zero attached hydrogens (tertiary/aromatic N) is 2. The van der Waals surface area contributed by atoms with Gasteiger partial charge >= 0.3 is 0 Å². The Morgan fingerprint density at radius 3 is 2.71 bits per heavy atom. The summed E-state index contributed by atoms with van der Waals surface area (Å²) in [7, 11) is 0. The second-order valence-electron chi connectivity index (χ2n) is 8.49. The van der Waals surface area contributed by atoms with Gasteiger partial charge in [0.2, 0.25) is 0 Å². The molecule has 0 aromatic heterocycles. The number of nitrogens with one attached hydrogen (secondary N) is 1. The van der Waals surface area contributed by atoms with Crippen molar-refractivity contribution >= 4 is 5.96 Å². The minimum absolute atomic E-state index is 0.308. The summed E-state index contributed by atoms with van der Waals surface area (Å²) in [6.45, 7) is 9.00. The van der Waals surface area contributed by atoms with Crippen molar-refractivity contribution in [1.82, 2.24) is 10.2 Å². The molecule has 3 rings (SSSR count). The maximum atomic E-state index is 6.15. The topological polar surface area (TPSA) is 55.3 Å². The average molecular weight is 432 g/mol. The molecule has 1 unspecified atom stereocenters. The Bertz CT molecular complexity index is 612. The van der Waals surface area contributed by atoms with E-state index in [0.717, 1.165) is 84.1 Å². The van der Waals surface area contributed by atoms with Crippen molar-refractivity contribution < 1.29 is 14.2 Å². The van der Waals surface area contributed by atoms with Gasteiger partial charge in [-0.3, -0.25) is 4.99 Å². The summed E-state index contributed by atoms with van der Waals surface area (Å²) in [6.07, 6.45) is 8.48. The van der Waals surface area contributed by atoms with Crippen LogP contribution in [0.5, 0.6) is 0 Å². The zero-order chi connectivity index (χ0) is 21.6. The van der Waals surface area contributed by atoms with Gasteiger partial charge in [0.1, 0.15) is 0 Å². The van der Waals surface area contributed by atoms with Crippen molar-refractivity contribution in [1.29, 1.82) is 0 Å². The maximum absolute atomic E-state index is 6.15. The first-order valence-electron chi connectivity index (χ1n) is 12.2. The highest BCUT2D eigenvalue weighted by Crippen LogP contribution is 2.18. The fraction of sp³-hybridized carbons (Fsp3) is 0.720. The number of likely N-dealkylation sites (tertiary alicyclic amines) is 1. The first-order chi connectivity index (χ1) is 15.3. The van der Waals surface area contributed by atoms with Gasteiger partial charge in [-0.1, -0.05) is 30.3 Å². The number of piperidine rings is 1. The van der Waals surface area contributed by atoms with E-state index < -0.39 is 0 Å². The molecular weight excluding hydrogens is 390 g/mol. The Hall–Kier alpha value is -1.63. The Balaban J connectivity index is 1.29. The lowest BCUT2D eigenvalue weighted by molar-refractivity contribution is -0.0721. The van der Waals surface area contributed by atoms with E-state index in [9.17, 15) is 0 Å². The summed E-state index contributed by atoms with van der Waals surface area (Å²) >= 11 is 0. The Morgan fingerprint density at radius 1 is 1.13 bits per heavy atom. The Morgan fingerprint density at radius 2 is 1.97 bits per heavy atom. The van der Waals surface area contributed by atoms with Gasteiger partial charge in [-0.25, -0.2) is 0 Å². The normalized spacial score (nSPS) is 20.7. The molecule has 2 aliphatic heterocycles. The van der Waals surface area contributed by atoms with Gasteiger partial charge < -0.3 is 24.4 Å². The number of ether oxygens (including phenoxy) is 3. The molecule has 0 radical (unpaired) electrons. The van der Waals surface area contributed by atoms with Gasteiger partial charge in [0.05, 0.1) is 25.4 Å². The molecule has 0 saturated carbocycles. The number of guanidine groups is 1. The summed E-state index contributed by atoms with van der Waals surface area (Å²) in [6, 6.07) is 10.3. The molecule has 1 N–H and O–H groups in total. The van der Waals surface area contributed by atoms with Gasteiger partial charge in [-0.15, -0.1) is 0 Å². The molecule has 1 aromatic carbocycles. The summed E-state index contributed by atoms with van der Waals surface area (Å²) < 4.78 is 17.7. The molecule has 2 heterocycles. The van der Waals surface area contributed by atoms with Crippen LogP contribution in [0.15, 0.2) is 35.3 Å². The van der Waals surface area contributed by atoms with Gasteiger partial charge in [0.25, 0.3) is 0 Å². The smallest absolute Gasteiger partial charge is 0.193 e. The van der Waals surface area contributed by atoms with E-state index >= 15 is 0 Å². The molecule has 0 aliphatic carbocycles. The van der Waals surface area contributed by atoms with Gasteiger partial charge in [-0.2, -0.15) is 0 Å². The number of rotatable bonds is 11. The Labute approximate surface area is 188 Å². The minimum atomic E-state index is 0.308. The largest absolute Gasteiger partial charge is 0.377 e. The van der Waals surface area contributed by atoms with Crippen LogP contribution in [0.2, 0.25) is 0 Å². The van der Waals surface area contributed by atoms with E-state index in [1.165, 1.54) is 18.4 Å². The summed E-state index contributed by atoms with van der Waals surface area (Å²) in [5.41, 5.74) is 1.23. The fourth-order valence-corrected chi connectivity index (χ4v) is 4.11. The van der Waals surface area contributed by atoms with E-state index in [1.54, 1.807) is 0 Å². The van der Waals surface area contributed by atoms with E-state index in [4.69, 9.17) is 19.2 Å². The number of hydrogen-bond donors (Lipinski definition) is 1. The van der Waals surface area contributed by atoms with Crippen molar-refractivity contribution in [3.63, 3.8) is 0 Å². The van der Waals surface area contributed by atoms with E-state index in [0.29, 0.717) is 18.8 Å². The highest BCUT2D eigenvalue weighted by Gasteiger charge is 2.23.